The van der Waals surface area contributed by atoms with Crippen molar-refractivity contribution in [1.29, 1.82) is 0 Å². The number of amides is 2. The number of hydrogen-bond donors (Lipinski definition) is 2. The van der Waals surface area contributed by atoms with Gasteiger partial charge in [-0.25, -0.2) is 0 Å². The number of carbonyl (C=O) groups excluding carboxylic acids is 2. The number of aromatic nitrogens is 1. The monoisotopic (exact) mass is 381 g/mol. The van der Waals surface area contributed by atoms with Gasteiger partial charge in [0.25, 0.3) is 5.91 Å². The lowest BCUT2D eigenvalue weighted by Crippen LogP contribution is -2.15. The second-order valence-corrected chi connectivity index (χ2v) is 6.10. The summed E-state index contributed by atoms with van der Waals surface area (Å²) in [5.74, 6) is -0.443. The summed E-state index contributed by atoms with van der Waals surface area (Å²) in [6, 6.07) is 14.9. The number of anilines is 1. The van der Waals surface area contributed by atoms with E-state index in [2.05, 4.69) is 10.3 Å². The Bertz CT molecular complexity index is 977. The Balaban J connectivity index is 1.72. The Morgan fingerprint density at radius 1 is 1.07 bits per heavy atom. The summed E-state index contributed by atoms with van der Waals surface area (Å²) in [4.78, 5) is 27.8. The maximum atomic E-state index is 12.5. The number of nitrogens with two attached hydrogens (primary N) is 1. The fourth-order valence-corrected chi connectivity index (χ4v) is 2.51. The molecule has 3 aromatic rings. The first-order valence-corrected chi connectivity index (χ1v) is 8.43. The minimum Gasteiger partial charge on any atom is -0.489 e. The topological polar surface area (TPSA) is 94.3 Å². The van der Waals surface area contributed by atoms with Gasteiger partial charge >= 0.3 is 0 Å². The largest absolute Gasteiger partial charge is 0.489 e. The van der Waals surface area contributed by atoms with Gasteiger partial charge in [-0.2, -0.15) is 0 Å². The number of pyridine rings is 1. The molecule has 0 spiro atoms. The molecule has 3 rings (SSSR count). The molecule has 7 heteroatoms. The van der Waals surface area contributed by atoms with Gasteiger partial charge in [0, 0.05) is 29.1 Å². The Morgan fingerprint density at radius 3 is 2.67 bits per heavy atom. The smallest absolute Gasteiger partial charge is 0.255 e. The van der Waals surface area contributed by atoms with Gasteiger partial charge in [0.15, 0.2) is 0 Å². The van der Waals surface area contributed by atoms with Crippen LogP contribution in [0, 0.1) is 0 Å². The zero-order chi connectivity index (χ0) is 19.2. The zero-order valence-electron chi connectivity index (χ0n) is 14.2. The van der Waals surface area contributed by atoms with E-state index in [9.17, 15) is 9.59 Å². The van der Waals surface area contributed by atoms with Crippen molar-refractivity contribution in [3.63, 3.8) is 0 Å². The van der Waals surface area contributed by atoms with Crippen molar-refractivity contribution in [1.82, 2.24) is 4.98 Å². The number of halogens is 1. The molecule has 0 aliphatic carbocycles. The summed E-state index contributed by atoms with van der Waals surface area (Å²) in [7, 11) is 0. The first kappa shape index (κ1) is 18.4. The van der Waals surface area contributed by atoms with Crippen molar-refractivity contribution in [3.05, 3.63) is 88.7 Å². The van der Waals surface area contributed by atoms with E-state index in [-0.39, 0.29) is 11.5 Å². The van der Waals surface area contributed by atoms with E-state index >= 15 is 0 Å². The second-order valence-electron chi connectivity index (χ2n) is 5.69. The molecule has 0 bridgehead atoms. The van der Waals surface area contributed by atoms with Gasteiger partial charge in [-0.05, 0) is 42.5 Å². The van der Waals surface area contributed by atoms with Crippen LogP contribution in [0.3, 0.4) is 0 Å². The van der Waals surface area contributed by atoms with Crippen LogP contribution in [0.2, 0.25) is 5.02 Å². The highest BCUT2D eigenvalue weighted by atomic mass is 35.5. The van der Waals surface area contributed by atoms with E-state index < -0.39 is 5.91 Å². The second kappa shape index (κ2) is 8.33. The minimum atomic E-state index is -0.604. The summed E-state index contributed by atoms with van der Waals surface area (Å²) in [6.45, 7) is 0.339. The molecule has 0 atom stereocenters. The van der Waals surface area contributed by atoms with Crippen LogP contribution < -0.4 is 15.8 Å². The first-order valence-electron chi connectivity index (χ1n) is 8.05. The molecule has 0 fully saturated rings. The van der Waals surface area contributed by atoms with E-state index in [4.69, 9.17) is 22.1 Å². The predicted octanol–water partition coefficient (Wildman–Crippen LogP) is 3.67. The van der Waals surface area contributed by atoms with Gasteiger partial charge < -0.3 is 15.8 Å². The summed E-state index contributed by atoms with van der Waals surface area (Å²) in [6.07, 6.45) is 3.40. The zero-order valence-corrected chi connectivity index (χ0v) is 14.9. The standard InChI is InChI=1S/C20H16ClN3O3/c21-17-7-6-14(19(22)25)10-18(17)24-20(26)15-4-1-5-16(9-15)27-12-13-3-2-8-23-11-13/h1-11H,12H2,(H2,22,25)(H,24,26). The molecular formula is C20H16ClN3O3. The predicted molar refractivity (Wildman–Crippen MR) is 103 cm³/mol. The quantitative estimate of drug-likeness (QED) is 0.681. The van der Waals surface area contributed by atoms with Crippen molar-refractivity contribution >= 4 is 29.1 Å². The van der Waals surface area contributed by atoms with Crippen LogP contribution in [0.4, 0.5) is 5.69 Å². The molecule has 0 saturated heterocycles. The van der Waals surface area contributed by atoms with Crippen molar-refractivity contribution in [3.8, 4) is 5.75 Å². The summed E-state index contributed by atoms with van der Waals surface area (Å²) in [5, 5.41) is 2.98. The lowest BCUT2D eigenvalue weighted by Gasteiger charge is -2.10. The number of nitrogens with one attached hydrogen (secondary N) is 1. The van der Waals surface area contributed by atoms with Crippen molar-refractivity contribution < 1.29 is 14.3 Å². The molecule has 0 radical (unpaired) electrons. The normalized spacial score (nSPS) is 10.3. The van der Waals surface area contributed by atoms with Crippen LogP contribution in [0.15, 0.2) is 67.0 Å². The maximum absolute atomic E-state index is 12.5. The Morgan fingerprint density at radius 2 is 1.93 bits per heavy atom. The number of hydrogen-bond acceptors (Lipinski definition) is 4. The number of ether oxygens (including phenoxy) is 1. The van der Waals surface area contributed by atoms with E-state index in [1.807, 2.05) is 12.1 Å². The van der Waals surface area contributed by atoms with Gasteiger partial charge in [0.2, 0.25) is 5.91 Å². The number of carbonyl (C=O) groups is 2. The molecule has 2 aromatic carbocycles. The van der Waals surface area contributed by atoms with Crippen LogP contribution in [0.25, 0.3) is 0 Å². The molecule has 0 saturated carbocycles. The van der Waals surface area contributed by atoms with Crippen molar-refractivity contribution in [2.24, 2.45) is 5.73 Å². The third-order valence-electron chi connectivity index (χ3n) is 3.72. The van der Waals surface area contributed by atoms with Gasteiger partial charge in [0.1, 0.15) is 12.4 Å². The van der Waals surface area contributed by atoms with Crippen LogP contribution >= 0.6 is 11.6 Å². The third kappa shape index (κ3) is 4.83. The van der Waals surface area contributed by atoms with E-state index in [0.717, 1.165) is 5.56 Å². The minimum absolute atomic E-state index is 0.253. The Kier molecular flexibility index (Phi) is 5.68. The summed E-state index contributed by atoms with van der Waals surface area (Å²) < 4.78 is 5.70. The van der Waals surface area contributed by atoms with Gasteiger partial charge in [-0.1, -0.05) is 23.7 Å². The number of benzene rings is 2. The first-order chi connectivity index (χ1) is 13.0. The van der Waals surface area contributed by atoms with Gasteiger partial charge in [-0.15, -0.1) is 0 Å². The fourth-order valence-electron chi connectivity index (χ4n) is 2.35. The molecule has 2 amide bonds. The fraction of sp³-hybridized carbons (Fsp3) is 0.0500. The number of rotatable bonds is 6. The lowest BCUT2D eigenvalue weighted by molar-refractivity contribution is 0.0996. The Hall–Kier alpha value is -3.38. The van der Waals surface area contributed by atoms with Crippen LogP contribution in [-0.2, 0) is 6.61 Å². The molecular weight excluding hydrogens is 366 g/mol. The lowest BCUT2D eigenvalue weighted by atomic mass is 10.1. The van der Waals surface area contributed by atoms with Crippen LogP contribution in [-0.4, -0.2) is 16.8 Å². The molecule has 27 heavy (non-hydrogen) atoms. The summed E-state index contributed by atoms with van der Waals surface area (Å²) in [5.41, 5.74) is 7.13. The molecule has 0 aliphatic rings. The van der Waals surface area contributed by atoms with Gasteiger partial charge in [0.05, 0.1) is 10.7 Å². The average Bonchev–Trinajstić information content (AvgIpc) is 2.69. The maximum Gasteiger partial charge on any atom is 0.255 e. The molecule has 0 unspecified atom stereocenters. The number of nitrogens with zero attached hydrogens (tertiary/aromatic N) is 1. The van der Waals surface area contributed by atoms with E-state index in [1.165, 1.54) is 18.2 Å². The van der Waals surface area contributed by atoms with Crippen LogP contribution in [0.1, 0.15) is 26.3 Å². The molecule has 0 aliphatic heterocycles. The molecule has 6 nitrogen and oxygen atoms in total. The molecule has 1 aromatic heterocycles. The Labute approximate surface area is 160 Å². The SMILES string of the molecule is NC(=O)c1ccc(Cl)c(NC(=O)c2cccc(OCc3cccnc3)c2)c1. The van der Waals surface area contributed by atoms with Gasteiger partial charge in [-0.3, -0.25) is 14.6 Å². The third-order valence-corrected chi connectivity index (χ3v) is 4.05. The highest BCUT2D eigenvalue weighted by Gasteiger charge is 2.12. The van der Waals surface area contributed by atoms with Crippen LogP contribution in [0.5, 0.6) is 5.75 Å². The van der Waals surface area contributed by atoms with Crippen molar-refractivity contribution in [2.75, 3.05) is 5.32 Å². The number of primary amides is 1. The molecule has 1 heterocycles. The van der Waals surface area contributed by atoms with E-state index in [0.29, 0.717) is 28.6 Å². The summed E-state index contributed by atoms with van der Waals surface area (Å²) >= 11 is 6.08. The van der Waals surface area contributed by atoms with E-state index in [1.54, 1.807) is 36.7 Å². The highest BCUT2D eigenvalue weighted by molar-refractivity contribution is 6.34. The highest BCUT2D eigenvalue weighted by Crippen LogP contribution is 2.24. The molecule has 136 valence electrons. The average molecular weight is 382 g/mol. The molecule has 3 N–H and O–H groups in total. The van der Waals surface area contributed by atoms with Crippen molar-refractivity contribution in [2.45, 2.75) is 6.61 Å².